The molecule has 1 amide bonds. The van der Waals surface area contributed by atoms with Crippen molar-refractivity contribution in [2.75, 3.05) is 5.32 Å². The van der Waals surface area contributed by atoms with Crippen molar-refractivity contribution in [3.05, 3.63) is 87.9 Å². The third-order valence-electron chi connectivity index (χ3n) is 6.52. The Morgan fingerprint density at radius 2 is 1.87 bits per heavy atom. The number of alkyl halides is 3. The van der Waals surface area contributed by atoms with Gasteiger partial charge in [0.2, 0.25) is 5.88 Å². The van der Waals surface area contributed by atoms with Crippen LogP contribution in [0.2, 0.25) is 0 Å². The Kier molecular flexibility index (Phi) is 6.65. The first-order chi connectivity index (χ1) is 18.4. The highest BCUT2D eigenvalue weighted by Crippen LogP contribution is 2.36. The van der Waals surface area contributed by atoms with Gasteiger partial charge in [-0.25, -0.2) is 13.8 Å². The van der Waals surface area contributed by atoms with E-state index in [1.807, 2.05) is 6.92 Å². The molecule has 0 fully saturated rings. The van der Waals surface area contributed by atoms with Crippen LogP contribution in [0.1, 0.15) is 58.0 Å². The standard InChI is InChI=1S/C27H24F5N5O2/c1-13-9-21-24(15(3)36-37(21)23(10-13)39-12-16-17(28)5-4-6-18(16)29)26(38)34-20-11-14(2)33-19-7-8-22(27(30,31)32)35-25(19)20/h4-10,14,20,33H,11-12H2,1-3H3,(H,34,38). The lowest BCUT2D eigenvalue weighted by Crippen LogP contribution is -2.37. The molecule has 12 heteroatoms. The minimum atomic E-state index is -4.63. The summed E-state index contributed by atoms with van der Waals surface area (Å²) in [6.45, 7) is 4.81. The molecule has 4 heterocycles. The van der Waals surface area contributed by atoms with Crippen LogP contribution in [-0.2, 0) is 12.8 Å². The predicted octanol–water partition coefficient (Wildman–Crippen LogP) is 5.90. The van der Waals surface area contributed by atoms with Crippen LogP contribution >= 0.6 is 0 Å². The van der Waals surface area contributed by atoms with Gasteiger partial charge in [0.15, 0.2) is 0 Å². The minimum absolute atomic E-state index is 0.0949. The molecule has 0 bridgehead atoms. The van der Waals surface area contributed by atoms with Gasteiger partial charge in [-0.3, -0.25) is 4.79 Å². The number of hydrogen-bond acceptors (Lipinski definition) is 5. The molecule has 0 saturated carbocycles. The minimum Gasteiger partial charge on any atom is -0.473 e. The van der Waals surface area contributed by atoms with Crippen LogP contribution in [0.4, 0.5) is 27.6 Å². The molecule has 0 saturated heterocycles. The lowest BCUT2D eigenvalue weighted by atomic mass is 9.97. The Hall–Kier alpha value is -4.22. The number of carbonyl (C=O) groups is 1. The molecule has 1 aliphatic rings. The van der Waals surface area contributed by atoms with E-state index in [0.29, 0.717) is 28.9 Å². The number of ether oxygens (including phenoxy) is 1. The number of fused-ring (bicyclic) bond motifs is 2. The van der Waals surface area contributed by atoms with Crippen LogP contribution in [0.15, 0.2) is 42.5 Å². The smallest absolute Gasteiger partial charge is 0.433 e. The summed E-state index contributed by atoms with van der Waals surface area (Å²) in [6.07, 6.45) is -4.32. The van der Waals surface area contributed by atoms with Crippen molar-refractivity contribution in [2.24, 2.45) is 0 Å². The first-order valence-electron chi connectivity index (χ1n) is 12.1. The summed E-state index contributed by atoms with van der Waals surface area (Å²) < 4.78 is 75.3. The summed E-state index contributed by atoms with van der Waals surface area (Å²) in [5, 5.41) is 10.3. The van der Waals surface area contributed by atoms with Crippen molar-refractivity contribution in [1.82, 2.24) is 19.9 Å². The van der Waals surface area contributed by atoms with E-state index in [-0.39, 0.29) is 28.7 Å². The van der Waals surface area contributed by atoms with Crippen molar-refractivity contribution in [2.45, 2.75) is 52.1 Å². The van der Waals surface area contributed by atoms with Gasteiger partial charge >= 0.3 is 6.18 Å². The zero-order valence-corrected chi connectivity index (χ0v) is 21.2. The second kappa shape index (κ2) is 9.83. The third-order valence-corrected chi connectivity index (χ3v) is 6.52. The van der Waals surface area contributed by atoms with E-state index in [2.05, 4.69) is 20.7 Å². The molecule has 2 atom stereocenters. The van der Waals surface area contributed by atoms with E-state index in [1.54, 1.807) is 26.0 Å². The normalized spacial score (nSPS) is 17.0. The Balaban J connectivity index is 1.47. The van der Waals surface area contributed by atoms with Crippen molar-refractivity contribution >= 4 is 17.1 Å². The molecule has 0 aliphatic carbocycles. The molecule has 4 aromatic rings. The highest BCUT2D eigenvalue weighted by Gasteiger charge is 2.36. The fourth-order valence-corrected chi connectivity index (χ4v) is 4.73. The van der Waals surface area contributed by atoms with Gasteiger partial charge in [0.05, 0.1) is 39.8 Å². The zero-order valence-electron chi connectivity index (χ0n) is 21.2. The largest absolute Gasteiger partial charge is 0.473 e. The van der Waals surface area contributed by atoms with Gasteiger partial charge in [0, 0.05) is 12.1 Å². The van der Waals surface area contributed by atoms with Crippen molar-refractivity contribution < 1.29 is 31.5 Å². The van der Waals surface area contributed by atoms with Crippen LogP contribution in [0, 0.1) is 25.5 Å². The Bertz CT molecular complexity index is 1560. The van der Waals surface area contributed by atoms with Crippen molar-refractivity contribution in [3.63, 3.8) is 0 Å². The molecule has 1 aromatic carbocycles. The van der Waals surface area contributed by atoms with Gasteiger partial charge in [0.1, 0.15) is 23.9 Å². The van der Waals surface area contributed by atoms with Crippen molar-refractivity contribution in [3.8, 4) is 5.88 Å². The summed E-state index contributed by atoms with van der Waals surface area (Å²) >= 11 is 0. The SMILES string of the molecule is Cc1cc(OCc2c(F)cccc2F)n2nc(C)c(C(=O)NC3CC(C)Nc4ccc(C(F)(F)F)nc43)c2c1. The fraction of sp³-hybridized carbons (Fsp3) is 0.296. The number of benzene rings is 1. The van der Waals surface area contributed by atoms with Crippen molar-refractivity contribution in [1.29, 1.82) is 0 Å². The maximum atomic E-state index is 14.1. The highest BCUT2D eigenvalue weighted by atomic mass is 19.4. The second-order valence-corrected chi connectivity index (χ2v) is 9.55. The predicted molar refractivity (Wildman–Crippen MR) is 133 cm³/mol. The number of anilines is 1. The quantitative estimate of drug-likeness (QED) is 0.306. The highest BCUT2D eigenvalue weighted by molar-refractivity contribution is 6.02. The fourth-order valence-electron chi connectivity index (χ4n) is 4.73. The van der Waals surface area contributed by atoms with Gasteiger partial charge < -0.3 is 15.4 Å². The Morgan fingerprint density at radius 1 is 1.15 bits per heavy atom. The number of pyridine rings is 2. The molecule has 39 heavy (non-hydrogen) atoms. The van der Waals surface area contributed by atoms with Gasteiger partial charge in [-0.2, -0.15) is 22.8 Å². The molecule has 5 rings (SSSR count). The molecule has 2 N–H and O–H groups in total. The third kappa shape index (κ3) is 5.10. The summed E-state index contributed by atoms with van der Waals surface area (Å²) in [5.74, 6) is -1.90. The summed E-state index contributed by atoms with van der Waals surface area (Å²) in [4.78, 5) is 17.3. The Morgan fingerprint density at radius 3 is 2.56 bits per heavy atom. The zero-order chi connectivity index (χ0) is 28.1. The van der Waals surface area contributed by atoms with Crippen LogP contribution in [0.3, 0.4) is 0 Å². The van der Waals surface area contributed by atoms with Gasteiger partial charge in [-0.05, 0) is 63.1 Å². The van der Waals surface area contributed by atoms with Crippen LogP contribution in [0.5, 0.6) is 5.88 Å². The number of amides is 1. The molecule has 3 aromatic heterocycles. The number of hydrogen-bond donors (Lipinski definition) is 2. The lowest BCUT2D eigenvalue weighted by molar-refractivity contribution is -0.141. The van der Waals surface area contributed by atoms with Gasteiger partial charge in [0.25, 0.3) is 5.91 Å². The average molecular weight is 546 g/mol. The molecule has 1 aliphatic heterocycles. The molecular weight excluding hydrogens is 521 g/mol. The number of carbonyl (C=O) groups excluding carboxylic acids is 1. The molecular formula is C27H24F5N5O2. The molecule has 7 nitrogen and oxygen atoms in total. The number of nitrogens with one attached hydrogen (secondary N) is 2. The van der Waals surface area contributed by atoms with E-state index in [9.17, 15) is 26.7 Å². The first kappa shape index (κ1) is 26.4. The Labute approximate surface area is 220 Å². The maximum absolute atomic E-state index is 14.1. The number of aromatic nitrogens is 3. The molecule has 0 radical (unpaired) electrons. The van der Waals surface area contributed by atoms with E-state index in [0.717, 1.165) is 18.2 Å². The van der Waals surface area contributed by atoms with E-state index >= 15 is 0 Å². The topological polar surface area (TPSA) is 80.5 Å². The molecule has 2 unspecified atom stereocenters. The first-order valence-corrected chi connectivity index (χ1v) is 12.1. The second-order valence-electron chi connectivity index (χ2n) is 9.55. The molecule has 204 valence electrons. The van der Waals surface area contributed by atoms with Crippen LogP contribution < -0.4 is 15.4 Å². The number of halogens is 5. The molecule has 0 spiro atoms. The van der Waals surface area contributed by atoms with Gasteiger partial charge in [-0.15, -0.1) is 0 Å². The number of nitrogens with zero attached hydrogens (tertiary/aromatic N) is 3. The summed E-state index contributed by atoms with van der Waals surface area (Å²) in [6, 6.07) is 8.11. The van der Waals surface area contributed by atoms with E-state index < -0.39 is 42.1 Å². The van der Waals surface area contributed by atoms with Crippen LogP contribution in [0.25, 0.3) is 5.52 Å². The lowest BCUT2D eigenvalue weighted by Gasteiger charge is -2.31. The maximum Gasteiger partial charge on any atom is 0.433 e. The number of aryl methyl sites for hydroxylation is 2. The number of rotatable bonds is 5. The van der Waals surface area contributed by atoms with E-state index in [4.69, 9.17) is 4.74 Å². The van der Waals surface area contributed by atoms with E-state index in [1.165, 1.54) is 16.6 Å². The average Bonchev–Trinajstić information content (AvgIpc) is 3.18. The monoisotopic (exact) mass is 545 g/mol. The van der Waals surface area contributed by atoms with Crippen LogP contribution in [-0.4, -0.2) is 26.5 Å². The summed E-state index contributed by atoms with van der Waals surface area (Å²) in [7, 11) is 0. The van der Waals surface area contributed by atoms with Gasteiger partial charge in [-0.1, -0.05) is 6.07 Å². The summed E-state index contributed by atoms with van der Waals surface area (Å²) in [5.41, 5.74) is 0.796.